The highest BCUT2D eigenvalue weighted by molar-refractivity contribution is 5.91. The van der Waals surface area contributed by atoms with Crippen molar-refractivity contribution in [3.05, 3.63) is 30.1 Å². The molecule has 0 amide bonds. The van der Waals surface area contributed by atoms with E-state index in [1.54, 1.807) is 12.3 Å². The first-order valence-electron chi connectivity index (χ1n) is 5.02. The molecule has 0 unspecified atom stereocenters. The standard InChI is InChI=1S/C10H9NO2.C2H6/c1-6-9-7(4-5-11-6)2-3-8(12)10(9)13;1-2/h2-5,12-13H,1H3;1-2H3/p+1. The average Bonchev–Trinajstić information content (AvgIpc) is 2.26. The topological polar surface area (TPSA) is 54.6 Å². The molecule has 0 aliphatic heterocycles. The van der Waals surface area contributed by atoms with Crippen LogP contribution in [0.15, 0.2) is 24.4 Å². The smallest absolute Gasteiger partial charge is 0.188 e. The number of fused-ring (bicyclic) bond motifs is 1. The van der Waals surface area contributed by atoms with Gasteiger partial charge in [0.05, 0.1) is 5.39 Å². The molecule has 0 aliphatic carbocycles. The third-order valence-electron chi connectivity index (χ3n) is 2.13. The first-order chi connectivity index (χ1) is 7.20. The Bertz CT molecular complexity index is 466. The van der Waals surface area contributed by atoms with Gasteiger partial charge < -0.3 is 10.2 Å². The maximum absolute atomic E-state index is 9.57. The van der Waals surface area contributed by atoms with Crippen molar-refractivity contribution < 1.29 is 15.2 Å². The van der Waals surface area contributed by atoms with Gasteiger partial charge in [-0.25, -0.2) is 4.98 Å². The molecule has 0 spiro atoms. The van der Waals surface area contributed by atoms with Crippen molar-refractivity contribution in [3.8, 4) is 11.5 Å². The Hall–Kier alpha value is -1.77. The van der Waals surface area contributed by atoms with E-state index in [1.807, 2.05) is 26.8 Å². The zero-order valence-corrected chi connectivity index (χ0v) is 9.20. The van der Waals surface area contributed by atoms with Crippen molar-refractivity contribution in [1.29, 1.82) is 0 Å². The molecule has 1 aromatic heterocycles. The lowest BCUT2D eigenvalue weighted by Gasteiger charge is -2.01. The van der Waals surface area contributed by atoms with Crippen LogP contribution in [0.2, 0.25) is 0 Å². The van der Waals surface area contributed by atoms with Gasteiger partial charge in [-0.05, 0) is 17.5 Å². The normalized spacial score (nSPS) is 9.53. The summed E-state index contributed by atoms with van der Waals surface area (Å²) in [6, 6.07) is 5.10. The lowest BCUT2D eigenvalue weighted by Crippen LogP contribution is -2.05. The van der Waals surface area contributed by atoms with Crippen LogP contribution < -0.4 is 4.98 Å². The lowest BCUT2D eigenvalue weighted by atomic mass is 10.1. The number of benzene rings is 1. The van der Waals surface area contributed by atoms with Crippen LogP contribution in [0.25, 0.3) is 10.8 Å². The number of rotatable bonds is 0. The summed E-state index contributed by atoms with van der Waals surface area (Å²) in [5, 5.41) is 20.4. The number of phenols is 2. The van der Waals surface area contributed by atoms with Crippen molar-refractivity contribution in [2.24, 2.45) is 0 Å². The van der Waals surface area contributed by atoms with Gasteiger partial charge in [-0.1, -0.05) is 13.8 Å². The summed E-state index contributed by atoms with van der Waals surface area (Å²) in [4.78, 5) is 2.97. The van der Waals surface area contributed by atoms with Crippen molar-refractivity contribution in [3.63, 3.8) is 0 Å². The van der Waals surface area contributed by atoms with E-state index in [2.05, 4.69) is 4.98 Å². The molecule has 3 heteroatoms. The number of aromatic nitrogens is 1. The zero-order valence-electron chi connectivity index (χ0n) is 9.20. The molecule has 1 aromatic carbocycles. The van der Waals surface area contributed by atoms with Gasteiger partial charge in [-0.3, -0.25) is 0 Å². The van der Waals surface area contributed by atoms with E-state index in [0.29, 0.717) is 5.39 Å². The molecule has 3 nitrogen and oxygen atoms in total. The number of H-pyrrole nitrogens is 1. The molecule has 2 aromatic rings. The molecule has 0 aliphatic rings. The van der Waals surface area contributed by atoms with Crippen LogP contribution in [0, 0.1) is 6.92 Å². The Morgan fingerprint density at radius 2 is 1.73 bits per heavy atom. The van der Waals surface area contributed by atoms with Crippen molar-refractivity contribution in [2.45, 2.75) is 20.8 Å². The van der Waals surface area contributed by atoms with Crippen LogP contribution in [-0.4, -0.2) is 10.2 Å². The molecule has 80 valence electrons. The molecule has 0 saturated carbocycles. The summed E-state index contributed by atoms with van der Waals surface area (Å²) >= 11 is 0. The molecule has 0 radical (unpaired) electrons. The van der Waals surface area contributed by atoms with Crippen LogP contribution in [0.4, 0.5) is 0 Å². The van der Waals surface area contributed by atoms with Gasteiger partial charge >= 0.3 is 0 Å². The molecule has 0 saturated heterocycles. The molecule has 0 fully saturated rings. The summed E-state index contributed by atoms with van der Waals surface area (Å²) in [5.74, 6) is -0.151. The van der Waals surface area contributed by atoms with Crippen molar-refractivity contribution in [1.82, 2.24) is 0 Å². The van der Waals surface area contributed by atoms with Crippen molar-refractivity contribution in [2.75, 3.05) is 0 Å². The summed E-state index contributed by atoms with van der Waals surface area (Å²) < 4.78 is 0. The zero-order chi connectivity index (χ0) is 11.4. The second-order valence-corrected chi connectivity index (χ2v) is 3.00. The Morgan fingerprint density at radius 3 is 2.40 bits per heavy atom. The third-order valence-corrected chi connectivity index (χ3v) is 2.13. The number of aromatic amines is 1. The molecule has 0 bridgehead atoms. The van der Waals surface area contributed by atoms with Gasteiger partial charge in [0.15, 0.2) is 23.4 Å². The van der Waals surface area contributed by atoms with E-state index < -0.39 is 0 Å². The number of phenolic OH excluding ortho intramolecular Hbond substituents is 2. The summed E-state index contributed by atoms with van der Waals surface area (Å²) in [5.41, 5.74) is 0.839. The van der Waals surface area contributed by atoms with Gasteiger partial charge in [-0.15, -0.1) is 0 Å². The second kappa shape index (κ2) is 4.64. The molecule has 15 heavy (non-hydrogen) atoms. The summed E-state index contributed by atoms with van der Waals surface area (Å²) in [7, 11) is 0. The number of hydrogen-bond acceptors (Lipinski definition) is 2. The van der Waals surface area contributed by atoms with E-state index >= 15 is 0 Å². The Labute approximate surface area is 89.0 Å². The number of aromatic hydroxyl groups is 2. The fourth-order valence-electron chi connectivity index (χ4n) is 1.46. The Morgan fingerprint density at radius 1 is 1.07 bits per heavy atom. The van der Waals surface area contributed by atoms with Gasteiger partial charge in [0.1, 0.15) is 0 Å². The van der Waals surface area contributed by atoms with Crippen LogP contribution in [0.5, 0.6) is 11.5 Å². The maximum atomic E-state index is 9.57. The minimum absolute atomic E-state index is 0.0631. The molecule has 0 atom stereocenters. The molecule has 1 heterocycles. The van der Waals surface area contributed by atoms with E-state index in [9.17, 15) is 10.2 Å². The highest BCUT2D eigenvalue weighted by Crippen LogP contribution is 2.33. The summed E-state index contributed by atoms with van der Waals surface area (Å²) in [6.07, 6.45) is 1.80. The van der Waals surface area contributed by atoms with Crippen LogP contribution >= 0.6 is 0 Å². The van der Waals surface area contributed by atoms with E-state index in [-0.39, 0.29) is 11.5 Å². The minimum Gasteiger partial charge on any atom is -0.504 e. The lowest BCUT2D eigenvalue weighted by molar-refractivity contribution is -0.385. The third kappa shape index (κ3) is 2.01. The molecule has 3 N–H and O–H groups in total. The number of hydrogen-bond donors (Lipinski definition) is 2. The number of pyridine rings is 1. The highest BCUT2D eigenvalue weighted by Gasteiger charge is 2.10. The predicted octanol–water partition coefficient (Wildman–Crippen LogP) is 2.40. The number of nitrogens with one attached hydrogen (secondary N) is 1. The SMILES string of the molecule is CC.Cc1[nH+]ccc2ccc(O)c(O)c12. The van der Waals surface area contributed by atoms with Gasteiger partial charge in [-0.2, -0.15) is 0 Å². The van der Waals surface area contributed by atoms with Gasteiger partial charge in [0, 0.05) is 13.0 Å². The van der Waals surface area contributed by atoms with Gasteiger partial charge in [0.2, 0.25) is 0 Å². The molecular weight excluding hydrogens is 190 g/mol. The Kier molecular flexibility index (Phi) is 3.50. The minimum atomic E-state index is -0.0878. The predicted molar refractivity (Wildman–Crippen MR) is 59.9 cm³/mol. The van der Waals surface area contributed by atoms with Gasteiger partial charge in [0.25, 0.3) is 0 Å². The van der Waals surface area contributed by atoms with Crippen LogP contribution in [-0.2, 0) is 0 Å². The average molecular weight is 206 g/mol. The monoisotopic (exact) mass is 206 g/mol. The fraction of sp³-hybridized carbons (Fsp3) is 0.250. The molecule has 2 rings (SSSR count). The largest absolute Gasteiger partial charge is 0.504 e. The Balaban J connectivity index is 0.000000531. The quantitative estimate of drug-likeness (QED) is 0.650. The van der Waals surface area contributed by atoms with Crippen molar-refractivity contribution >= 4 is 10.8 Å². The van der Waals surface area contributed by atoms with E-state index in [4.69, 9.17) is 0 Å². The van der Waals surface area contributed by atoms with Crippen LogP contribution in [0.3, 0.4) is 0 Å². The highest BCUT2D eigenvalue weighted by atomic mass is 16.3. The fourth-order valence-corrected chi connectivity index (χ4v) is 1.46. The van der Waals surface area contributed by atoms with Crippen LogP contribution in [0.1, 0.15) is 19.5 Å². The summed E-state index contributed by atoms with van der Waals surface area (Å²) in [6.45, 7) is 5.85. The van der Waals surface area contributed by atoms with E-state index in [0.717, 1.165) is 11.1 Å². The maximum Gasteiger partial charge on any atom is 0.188 e. The second-order valence-electron chi connectivity index (χ2n) is 3.00. The first-order valence-corrected chi connectivity index (χ1v) is 5.02. The molecular formula is C12H16NO2+. The first kappa shape index (κ1) is 11.3. The van der Waals surface area contributed by atoms with E-state index in [1.165, 1.54) is 6.07 Å². The number of aryl methyl sites for hydroxylation is 1.